The molecule has 0 saturated carbocycles. The van der Waals surface area contributed by atoms with Crippen LogP contribution in [0.5, 0.6) is 0 Å². The van der Waals surface area contributed by atoms with E-state index in [1.807, 2.05) is 0 Å². The molecule has 0 atom stereocenters. The van der Waals surface area contributed by atoms with Crippen LogP contribution < -0.4 is 0 Å². The SMILES string of the molecule is CC(=O)COCC(COCC=O)(COCC=O)COCC(COCC=O)(COCC=O)COCC=O. The van der Waals surface area contributed by atoms with Gasteiger partial charge in [0.2, 0.25) is 0 Å². The maximum absolute atomic E-state index is 11.3. The lowest BCUT2D eigenvalue weighted by atomic mass is 9.90. The number of Topliss-reactive ketones (excluding diaryl/α,β-unsaturated/α-hetero) is 1. The maximum atomic E-state index is 11.3. The average Bonchev–Trinajstić information content (AvgIpc) is 2.84. The lowest BCUT2D eigenvalue weighted by molar-refractivity contribution is -0.149. The first-order valence-electron chi connectivity index (χ1n) is 11.1. The summed E-state index contributed by atoms with van der Waals surface area (Å²) in [6, 6.07) is 0. The fraction of sp³-hybridized carbons (Fsp3) is 0.739. The second-order valence-corrected chi connectivity index (χ2v) is 8.10. The van der Waals surface area contributed by atoms with E-state index in [2.05, 4.69) is 0 Å². The molecule has 0 aromatic carbocycles. The van der Waals surface area contributed by atoms with Gasteiger partial charge in [-0.3, -0.25) is 4.79 Å². The molecule has 36 heavy (non-hydrogen) atoms. The molecule has 206 valence electrons. The molecule has 0 saturated heterocycles. The number of hydrogen-bond donors (Lipinski definition) is 0. The number of rotatable bonds is 28. The Morgan fingerprint density at radius 3 is 0.972 bits per heavy atom. The number of ketones is 1. The summed E-state index contributed by atoms with van der Waals surface area (Å²) in [4.78, 5) is 65.0. The second-order valence-electron chi connectivity index (χ2n) is 8.10. The first-order chi connectivity index (χ1) is 17.4. The zero-order valence-corrected chi connectivity index (χ0v) is 20.6. The van der Waals surface area contributed by atoms with Crippen molar-refractivity contribution in [3.8, 4) is 0 Å². The van der Waals surface area contributed by atoms with Crippen LogP contribution in [0, 0.1) is 10.8 Å². The summed E-state index contributed by atoms with van der Waals surface area (Å²) < 4.78 is 38.3. The molecule has 0 aromatic heterocycles. The van der Waals surface area contributed by atoms with Crippen molar-refractivity contribution in [2.75, 3.05) is 92.5 Å². The van der Waals surface area contributed by atoms with E-state index in [9.17, 15) is 28.8 Å². The van der Waals surface area contributed by atoms with Gasteiger partial charge < -0.3 is 57.1 Å². The van der Waals surface area contributed by atoms with Crippen LogP contribution in [0.4, 0.5) is 0 Å². The molecule has 13 nitrogen and oxygen atoms in total. The molecule has 0 spiro atoms. The molecule has 0 amide bonds. The summed E-state index contributed by atoms with van der Waals surface area (Å²) in [6.07, 6.45) is 2.83. The van der Waals surface area contributed by atoms with Crippen LogP contribution in [0.2, 0.25) is 0 Å². The standard InChI is InChI=1S/C23H36O13/c1-21(29)12-35-18-23(16-33-10-5-27,17-34-11-6-28)20-36-19-22(13-30-7-2-24,14-31-8-3-25)15-32-9-4-26/h2-6H,7-20H2,1H3. The first kappa shape index (κ1) is 33.7. The van der Waals surface area contributed by atoms with Crippen LogP contribution in [0.15, 0.2) is 0 Å². The van der Waals surface area contributed by atoms with Gasteiger partial charge >= 0.3 is 0 Å². The van der Waals surface area contributed by atoms with Crippen molar-refractivity contribution in [3.05, 3.63) is 0 Å². The van der Waals surface area contributed by atoms with E-state index in [1.165, 1.54) is 6.92 Å². The van der Waals surface area contributed by atoms with Crippen molar-refractivity contribution in [2.45, 2.75) is 6.92 Å². The minimum atomic E-state index is -1.01. The quantitative estimate of drug-likeness (QED) is 0.0879. The molecule has 0 unspecified atom stereocenters. The number of carbonyl (C=O) groups excluding carboxylic acids is 6. The van der Waals surface area contributed by atoms with Crippen LogP contribution in [0.1, 0.15) is 6.92 Å². The van der Waals surface area contributed by atoms with Gasteiger partial charge in [-0.05, 0) is 6.92 Å². The summed E-state index contributed by atoms with van der Waals surface area (Å²) in [5.41, 5.74) is -2.02. The van der Waals surface area contributed by atoms with Crippen molar-refractivity contribution in [1.82, 2.24) is 0 Å². The van der Waals surface area contributed by atoms with Crippen molar-refractivity contribution >= 4 is 37.2 Å². The highest BCUT2D eigenvalue weighted by Gasteiger charge is 2.37. The molecule has 0 bridgehead atoms. The molecule has 0 aliphatic heterocycles. The van der Waals surface area contributed by atoms with Gasteiger partial charge in [0.15, 0.2) is 5.78 Å². The van der Waals surface area contributed by atoms with Crippen molar-refractivity contribution in [1.29, 1.82) is 0 Å². The van der Waals surface area contributed by atoms with Gasteiger partial charge in [-0.15, -0.1) is 0 Å². The van der Waals surface area contributed by atoms with E-state index in [4.69, 9.17) is 33.2 Å². The highest BCUT2D eigenvalue weighted by molar-refractivity contribution is 5.76. The number of aldehydes is 5. The predicted octanol–water partition coefficient (Wildman–Crippen LogP) is -1.34. The topological polar surface area (TPSA) is 167 Å². The van der Waals surface area contributed by atoms with Crippen LogP contribution in [-0.2, 0) is 61.9 Å². The van der Waals surface area contributed by atoms with Crippen molar-refractivity contribution < 1.29 is 61.9 Å². The molecule has 0 rings (SSSR count). The van der Waals surface area contributed by atoms with Crippen LogP contribution >= 0.6 is 0 Å². The van der Waals surface area contributed by atoms with E-state index in [-0.39, 0.29) is 98.3 Å². The second kappa shape index (κ2) is 22.0. The van der Waals surface area contributed by atoms with Crippen molar-refractivity contribution in [3.63, 3.8) is 0 Å². The molecule has 0 aliphatic rings. The Balaban J connectivity index is 5.65. The third-order valence-corrected chi connectivity index (χ3v) is 4.50. The summed E-state index contributed by atoms with van der Waals surface area (Å²) >= 11 is 0. The monoisotopic (exact) mass is 520 g/mol. The van der Waals surface area contributed by atoms with Gasteiger partial charge in [0.05, 0.1) is 63.7 Å². The highest BCUT2D eigenvalue weighted by atomic mass is 16.5. The van der Waals surface area contributed by atoms with E-state index in [0.29, 0.717) is 31.4 Å². The largest absolute Gasteiger partial charge is 0.380 e. The Morgan fingerprint density at radius 1 is 0.472 bits per heavy atom. The van der Waals surface area contributed by atoms with Gasteiger partial charge in [-0.25, -0.2) is 0 Å². The molecule has 0 radical (unpaired) electrons. The van der Waals surface area contributed by atoms with Crippen LogP contribution in [0.25, 0.3) is 0 Å². The predicted molar refractivity (Wildman–Crippen MR) is 122 cm³/mol. The minimum absolute atomic E-state index is 0.0534. The molecule has 0 aromatic rings. The summed E-state index contributed by atoms with van der Waals surface area (Å²) in [6.45, 7) is -0.304. The molecular formula is C23H36O13. The smallest absolute Gasteiger partial charge is 0.155 e. The lowest BCUT2D eigenvalue weighted by Crippen LogP contribution is -2.46. The number of carbonyl (C=O) groups is 6. The lowest BCUT2D eigenvalue weighted by Gasteiger charge is -2.36. The molecule has 13 heteroatoms. The third kappa shape index (κ3) is 16.4. The van der Waals surface area contributed by atoms with Crippen LogP contribution in [0.3, 0.4) is 0 Å². The zero-order chi connectivity index (χ0) is 27.0. The Kier molecular flexibility index (Phi) is 20.6. The Morgan fingerprint density at radius 2 is 0.722 bits per heavy atom. The van der Waals surface area contributed by atoms with E-state index in [1.54, 1.807) is 0 Å². The Hall–Kier alpha value is -2.26. The van der Waals surface area contributed by atoms with Gasteiger partial charge in [-0.2, -0.15) is 0 Å². The van der Waals surface area contributed by atoms with E-state index >= 15 is 0 Å². The third-order valence-electron chi connectivity index (χ3n) is 4.50. The number of hydrogen-bond acceptors (Lipinski definition) is 13. The number of ether oxygens (including phenoxy) is 7. The minimum Gasteiger partial charge on any atom is -0.380 e. The average molecular weight is 521 g/mol. The van der Waals surface area contributed by atoms with Crippen molar-refractivity contribution in [2.24, 2.45) is 10.8 Å². The Bertz CT molecular complexity index is 587. The Labute approximate surface area is 210 Å². The molecule has 0 N–H and O–H groups in total. The molecule has 0 heterocycles. The van der Waals surface area contributed by atoms with Gasteiger partial charge in [0.1, 0.15) is 71.1 Å². The fourth-order valence-electron chi connectivity index (χ4n) is 3.01. The maximum Gasteiger partial charge on any atom is 0.155 e. The van der Waals surface area contributed by atoms with Crippen LogP contribution in [-0.4, -0.2) is 130 Å². The normalized spacial score (nSPS) is 11.7. The molecular weight excluding hydrogens is 484 g/mol. The fourth-order valence-corrected chi connectivity index (χ4v) is 3.01. The summed E-state index contributed by atoms with van der Waals surface area (Å²) in [7, 11) is 0. The van der Waals surface area contributed by atoms with Gasteiger partial charge in [-0.1, -0.05) is 0 Å². The highest BCUT2D eigenvalue weighted by Crippen LogP contribution is 2.25. The van der Waals surface area contributed by atoms with Gasteiger partial charge in [0, 0.05) is 0 Å². The first-order valence-corrected chi connectivity index (χ1v) is 11.1. The zero-order valence-electron chi connectivity index (χ0n) is 20.6. The van der Waals surface area contributed by atoms with E-state index in [0.717, 1.165) is 0 Å². The summed E-state index contributed by atoms with van der Waals surface area (Å²) in [5, 5.41) is 0. The van der Waals surface area contributed by atoms with E-state index < -0.39 is 10.8 Å². The molecule has 0 aliphatic carbocycles. The molecule has 0 fully saturated rings. The van der Waals surface area contributed by atoms with Gasteiger partial charge in [0.25, 0.3) is 0 Å². The summed E-state index contributed by atoms with van der Waals surface area (Å²) in [5.74, 6) is -0.210.